The highest BCUT2D eigenvalue weighted by Crippen LogP contribution is 2.23. The number of aromatic nitrogens is 3. The van der Waals surface area contributed by atoms with E-state index in [0.717, 1.165) is 18.5 Å². The Labute approximate surface area is 142 Å². The van der Waals surface area contributed by atoms with Crippen molar-refractivity contribution < 1.29 is 21.8 Å². The maximum absolute atomic E-state index is 9.75. The zero-order valence-electron chi connectivity index (χ0n) is 13.3. The molecule has 8 heteroatoms. The number of nitrogens with zero attached hydrogens (tertiary/aromatic N) is 3. The third-order valence-corrected chi connectivity index (χ3v) is 3.94. The monoisotopic (exact) mass is 349 g/mol. The SMILES string of the molecule is F[B-](F)(F)F.c1ccc([C@@H]2CCc3nn(-c4ccccc4)c[n+]32)cc1. The second-order valence-electron chi connectivity index (χ2n) is 5.68. The summed E-state index contributed by atoms with van der Waals surface area (Å²) < 4.78 is 43.3. The smallest absolute Gasteiger partial charge is 0.418 e. The summed E-state index contributed by atoms with van der Waals surface area (Å²) in [5.41, 5.74) is 2.48. The van der Waals surface area contributed by atoms with E-state index >= 15 is 0 Å². The van der Waals surface area contributed by atoms with Crippen LogP contribution in [-0.4, -0.2) is 17.0 Å². The van der Waals surface area contributed by atoms with Crippen molar-refractivity contribution >= 4 is 7.25 Å². The highest BCUT2D eigenvalue weighted by Gasteiger charge is 2.32. The van der Waals surface area contributed by atoms with E-state index in [4.69, 9.17) is 5.10 Å². The second kappa shape index (κ2) is 7.08. The maximum atomic E-state index is 9.75. The van der Waals surface area contributed by atoms with Crippen LogP contribution in [0.1, 0.15) is 23.9 Å². The van der Waals surface area contributed by atoms with Gasteiger partial charge in [0.15, 0.2) is 0 Å². The van der Waals surface area contributed by atoms with Crippen LogP contribution >= 0.6 is 0 Å². The largest absolute Gasteiger partial charge is 0.673 e. The predicted molar refractivity (Wildman–Crippen MR) is 86.8 cm³/mol. The molecule has 0 aliphatic carbocycles. The van der Waals surface area contributed by atoms with E-state index in [1.165, 1.54) is 11.4 Å². The molecule has 0 amide bonds. The molecule has 25 heavy (non-hydrogen) atoms. The zero-order valence-corrected chi connectivity index (χ0v) is 13.3. The van der Waals surface area contributed by atoms with Crippen LogP contribution in [0.3, 0.4) is 0 Å². The van der Waals surface area contributed by atoms with Crippen LogP contribution in [0, 0.1) is 0 Å². The molecule has 0 N–H and O–H groups in total. The predicted octanol–water partition coefficient (Wildman–Crippen LogP) is 4.00. The minimum absolute atomic E-state index is 0.420. The summed E-state index contributed by atoms with van der Waals surface area (Å²) in [6.45, 7) is 0. The minimum atomic E-state index is -6.00. The molecule has 1 atom stereocenters. The molecule has 1 aliphatic heterocycles. The molecule has 2 heterocycles. The van der Waals surface area contributed by atoms with E-state index in [-0.39, 0.29) is 0 Å². The molecule has 0 saturated carbocycles. The van der Waals surface area contributed by atoms with Gasteiger partial charge in [-0.1, -0.05) is 53.2 Å². The number of fused-ring (bicyclic) bond motifs is 1. The average molecular weight is 349 g/mol. The first kappa shape index (κ1) is 17.2. The van der Waals surface area contributed by atoms with E-state index in [0.29, 0.717) is 6.04 Å². The number of para-hydroxylation sites is 1. The van der Waals surface area contributed by atoms with Crippen molar-refractivity contribution in [2.45, 2.75) is 18.9 Å². The molecule has 0 saturated heterocycles. The summed E-state index contributed by atoms with van der Waals surface area (Å²) >= 11 is 0. The van der Waals surface area contributed by atoms with Crippen LogP contribution in [0.25, 0.3) is 5.69 Å². The Morgan fingerprint density at radius 2 is 1.48 bits per heavy atom. The number of rotatable bonds is 2. The van der Waals surface area contributed by atoms with Gasteiger partial charge >= 0.3 is 7.25 Å². The normalized spacial score (nSPS) is 16.1. The van der Waals surface area contributed by atoms with E-state index in [2.05, 4.69) is 53.4 Å². The molecule has 0 bridgehead atoms. The van der Waals surface area contributed by atoms with Gasteiger partial charge in [-0.05, 0) is 24.1 Å². The third kappa shape index (κ3) is 4.46. The first-order chi connectivity index (χ1) is 11.9. The van der Waals surface area contributed by atoms with Crippen LogP contribution in [0.15, 0.2) is 67.0 Å². The lowest BCUT2D eigenvalue weighted by atomic mass is 10.1. The first-order valence-electron chi connectivity index (χ1n) is 7.89. The van der Waals surface area contributed by atoms with Gasteiger partial charge in [-0.25, -0.2) is 4.57 Å². The van der Waals surface area contributed by atoms with Crippen LogP contribution in [-0.2, 0) is 6.42 Å². The van der Waals surface area contributed by atoms with Crippen LogP contribution in [0.2, 0.25) is 0 Å². The van der Waals surface area contributed by atoms with Crippen molar-refractivity contribution in [3.63, 3.8) is 0 Å². The molecule has 0 radical (unpaired) electrons. The molecule has 1 aromatic heterocycles. The molecule has 1 aliphatic rings. The molecule has 4 rings (SSSR count). The van der Waals surface area contributed by atoms with Crippen molar-refractivity contribution in [2.24, 2.45) is 0 Å². The molecule has 3 aromatic rings. The number of hydrogen-bond acceptors (Lipinski definition) is 1. The maximum Gasteiger partial charge on any atom is 0.673 e. The Morgan fingerprint density at radius 3 is 2.08 bits per heavy atom. The van der Waals surface area contributed by atoms with E-state index in [1.54, 1.807) is 0 Å². The van der Waals surface area contributed by atoms with Gasteiger partial charge in [-0.15, -0.1) is 0 Å². The summed E-state index contributed by atoms with van der Waals surface area (Å²) in [6.07, 6.45) is 4.30. The van der Waals surface area contributed by atoms with Gasteiger partial charge in [0.2, 0.25) is 6.33 Å². The molecule has 0 spiro atoms. The molecular weight excluding hydrogens is 333 g/mol. The fraction of sp³-hybridized carbons (Fsp3) is 0.176. The van der Waals surface area contributed by atoms with Gasteiger partial charge in [-0.3, -0.25) is 0 Å². The van der Waals surface area contributed by atoms with Crippen molar-refractivity contribution in [2.75, 3.05) is 0 Å². The summed E-state index contributed by atoms with van der Waals surface area (Å²) in [6, 6.07) is 21.4. The third-order valence-electron chi connectivity index (χ3n) is 3.94. The minimum Gasteiger partial charge on any atom is -0.418 e. The average Bonchev–Trinajstić information content (AvgIpc) is 3.15. The van der Waals surface area contributed by atoms with Crippen molar-refractivity contribution in [3.05, 3.63) is 78.4 Å². The van der Waals surface area contributed by atoms with E-state index in [9.17, 15) is 17.3 Å². The lowest BCUT2D eigenvalue weighted by molar-refractivity contribution is -0.707. The Bertz CT molecular complexity index is 813. The summed E-state index contributed by atoms with van der Waals surface area (Å²) in [5.74, 6) is 1.17. The highest BCUT2D eigenvalue weighted by molar-refractivity contribution is 6.50. The zero-order chi connectivity index (χ0) is 17.9. The summed E-state index contributed by atoms with van der Waals surface area (Å²) in [5, 5.41) is 4.72. The van der Waals surface area contributed by atoms with Crippen LogP contribution in [0.5, 0.6) is 0 Å². The number of halogens is 4. The second-order valence-corrected chi connectivity index (χ2v) is 5.68. The Balaban J connectivity index is 0.000000324. The Morgan fingerprint density at radius 1 is 0.920 bits per heavy atom. The van der Waals surface area contributed by atoms with Crippen LogP contribution in [0.4, 0.5) is 17.3 Å². The van der Waals surface area contributed by atoms with Gasteiger partial charge in [0.1, 0.15) is 11.7 Å². The van der Waals surface area contributed by atoms with Crippen molar-refractivity contribution in [1.29, 1.82) is 0 Å². The lowest BCUT2D eigenvalue weighted by Gasteiger charge is -2.08. The van der Waals surface area contributed by atoms with E-state index < -0.39 is 7.25 Å². The fourth-order valence-electron chi connectivity index (χ4n) is 2.94. The summed E-state index contributed by atoms with van der Waals surface area (Å²) in [7, 11) is -6.00. The fourth-order valence-corrected chi connectivity index (χ4v) is 2.94. The standard InChI is InChI=1S/C17H16N3.BF4/c1-3-7-14(8-4-1)16-11-12-17-18-20(13-19(16)17)15-9-5-2-6-10-15;2-1(3,4)5/h1-10,13,16H,11-12H2;/q+1;-1/t16-;/m0./s1. The molecule has 3 nitrogen and oxygen atoms in total. The van der Waals surface area contributed by atoms with Gasteiger partial charge in [0, 0.05) is 11.5 Å². The number of hydrogen-bond donors (Lipinski definition) is 0. The molecule has 0 fully saturated rings. The number of benzene rings is 2. The lowest BCUT2D eigenvalue weighted by Crippen LogP contribution is -2.36. The topological polar surface area (TPSA) is 21.7 Å². The molecule has 0 unspecified atom stereocenters. The van der Waals surface area contributed by atoms with E-state index in [1.807, 2.05) is 22.9 Å². The Hall–Kier alpha value is -2.64. The van der Waals surface area contributed by atoms with Crippen LogP contribution < -0.4 is 4.57 Å². The van der Waals surface area contributed by atoms with Gasteiger partial charge in [-0.2, -0.15) is 0 Å². The highest BCUT2D eigenvalue weighted by atomic mass is 19.5. The number of aryl methyl sites for hydroxylation is 1. The van der Waals surface area contributed by atoms with Crippen molar-refractivity contribution in [1.82, 2.24) is 9.78 Å². The summed E-state index contributed by atoms with van der Waals surface area (Å²) in [4.78, 5) is 0. The van der Waals surface area contributed by atoms with Gasteiger partial charge in [0.05, 0.1) is 0 Å². The molecule has 2 aromatic carbocycles. The molecular formula is C17H16BF4N3. The first-order valence-corrected chi connectivity index (χ1v) is 7.89. The molecule has 130 valence electrons. The van der Waals surface area contributed by atoms with Gasteiger partial charge < -0.3 is 17.3 Å². The quantitative estimate of drug-likeness (QED) is 0.389. The van der Waals surface area contributed by atoms with Gasteiger partial charge in [0.25, 0.3) is 5.82 Å². The van der Waals surface area contributed by atoms with Crippen molar-refractivity contribution in [3.8, 4) is 5.69 Å². The Kier molecular flexibility index (Phi) is 4.87.